The largest absolute Gasteiger partial charge is 0.463 e. The number of hydrogen-bond acceptors (Lipinski definition) is 16. The van der Waals surface area contributed by atoms with Crippen LogP contribution in [0, 0.1) is 0 Å². The summed E-state index contributed by atoms with van der Waals surface area (Å²) in [5.41, 5.74) is 0. The summed E-state index contributed by atoms with van der Waals surface area (Å²) in [5, 5.41) is 70.8. The molecule has 0 saturated carbocycles. The second-order valence-corrected chi connectivity index (χ2v) is 26.3. The van der Waals surface area contributed by atoms with E-state index in [0.29, 0.717) is 25.7 Å². The molecule has 4 unspecified atom stereocenters. The summed E-state index contributed by atoms with van der Waals surface area (Å²) in [6, 6.07) is 0. The maximum absolute atomic E-state index is 11.4. The summed E-state index contributed by atoms with van der Waals surface area (Å²) in [5.74, 6) is -1.38. The molecule has 0 heterocycles. The number of rotatable bonds is 69. The topological polar surface area (TPSA) is 267 Å². The van der Waals surface area contributed by atoms with E-state index in [-0.39, 0.29) is 77.2 Å². The minimum absolute atomic E-state index is 0. The molecule has 0 aliphatic rings. The van der Waals surface area contributed by atoms with Crippen LogP contribution < -0.4 is 0 Å². The second kappa shape index (κ2) is 104. The maximum Gasteiger partial charge on any atom is 0.306 e. The van der Waals surface area contributed by atoms with Gasteiger partial charge in [-0.3, -0.25) is 19.2 Å². The van der Waals surface area contributed by atoms with Crippen molar-refractivity contribution in [2.75, 3.05) is 52.9 Å². The molecule has 0 saturated heterocycles. The molecule has 16 nitrogen and oxygen atoms in total. The van der Waals surface area contributed by atoms with Crippen molar-refractivity contribution in [3.05, 3.63) is 255 Å². The van der Waals surface area contributed by atoms with E-state index >= 15 is 0 Å². The highest BCUT2D eigenvalue weighted by Crippen LogP contribution is 2.09. The van der Waals surface area contributed by atoms with Crippen molar-refractivity contribution < 1.29 is 79.0 Å². The fourth-order valence-electron chi connectivity index (χ4n) is 8.94. The molecular formula is C99H158O16. The van der Waals surface area contributed by atoms with E-state index < -0.39 is 44.2 Å². The van der Waals surface area contributed by atoms with Crippen molar-refractivity contribution in [1.29, 1.82) is 0 Å². The number of aliphatic hydroxyl groups excluding tert-OH is 8. The second-order valence-electron chi connectivity index (χ2n) is 26.3. The fraction of sp³-hybridized carbons (Fsp3) is 0.535. The van der Waals surface area contributed by atoms with Crippen LogP contribution in [0.3, 0.4) is 0 Å². The zero-order chi connectivity index (χ0) is 84.3. The van der Waals surface area contributed by atoms with Crippen LogP contribution in [0.4, 0.5) is 0 Å². The van der Waals surface area contributed by atoms with E-state index in [1.165, 1.54) is 25.7 Å². The molecule has 0 rings (SSSR count). The number of ether oxygens (including phenoxy) is 4. The quantitative estimate of drug-likeness (QED) is 0.0122. The smallest absolute Gasteiger partial charge is 0.306 e. The average Bonchev–Trinajstić information content (AvgIpc) is 1.32. The SMILES string of the molecule is C.CC/C=C\C/C=C\C/C=C\C/C=C\C/C=C\C/C=C\CCC(=O)OCC(O)CO.CC/C=C\C/C=C\C/C=C\C/C=C\C/C=C\CCCC(=O)OCC(O)CO.CC/C=C\C/C=C\C/C=C\C/C=C\C/C=C\CCCCCC(=O)OCC(O)CO.CCCCC/C=C\C/C=C\C/C=C\C/C=C\C/C=C\CCC(=O)OCC(O)CO. The highest BCUT2D eigenvalue weighted by atomic mass is 16.6. The summed E-state index contributed by atoms with van der Waals surface area (Å²) in [7, 11) is 0. The molecule has 0 radical (unpaired) electrons. The first-order valence-corrected chi connectivity index (χ1v) is 42.2. The Morgan fingerprint density at radius 3 is 0.600 bits per heavy atom. The number of aliphatic hydroxyl groups is 8. The van der Waals surface area contributed by atoms with Crippen molar-refractivity contribution in [2.45, 2.75) is 291 Å². The summed E-state index contributed by atoms with van der Waals surface area (Å²) < 4.78 is 19.3. The first-order valence-electron chi connectivity index (χ1n) is 42.2. The average molecular weight is 1600 g/mol. The van der Waals surface area contributed by atoms with Gasteiger partial charge in [0.15, 0.2) is 0 Å². The Balaban J connectivity index is -0.000000466. The fourth-order valence-corrected chi connectivity index (χ4v) is 8.94. The minimum atomic E-state index is -0.996. The van der Waals surface area contributed by atoms with Crippen LogP contribution in [-0.2, 0) is 38.1 Å². The zero-order valence-electron chi connectivity index (χ0n) is 70.5. The summed E-state index contributed by atoms with van der Waals surface area (Å²) in [4.78, 5) is 45.5. The maximum atomic E-state index is 11.4. The first-order chi connectivity index (χ1) is 55.8. The third-order valence-electron chi connectivity index (χ3n) is 15.4. The van der Waals surface area contributed by atoms with Crippen LogP contribution in [0.2, 0.25) is 0 Å². The van der Waals surface area contributed by atoms with E-state index in [0.717, 1.165) is 167 Å². The molecule has 0 amide bonds. The summed E-state index contributed by atoms with van der Waals surface area (Å²) >= 11 is 0. The standard InChI is InChI=1S/2C25H40O4.C25H38O4.C23H36O4.CH4/c3*1-2-3-4-5-6-7-8-9-10-11-12-13-14-15-16-17-18-19-20-21-25(28)29-23-24(27)22-26;1-2-3-4-5-6-7-8-9-10-11-12-13-14-15-16-17-18-19-23(26)27-21-22(25)20-24;/h6-7,9-10,12-13,15-16,18-19,24,26-27H,2-5,8,11,14,17,20-23H2,1H3;3-4,6-7,9-10,12-13,15-16,24,26-27H,2,5,8,11,14,17-23H2,1H3;3-4,6-7,9-10,12-13,15-16,18-19,24,26-27H,2,5,8,11,14,17,20-23H2,1H3;3-4,6-7,9-10,12-13,15-16,22,24-25H,2,5,8,11,14,17-21H2,1H3;1H4/b7-6-,10-9-,13-12-,16-15-,19-18-;4-3-,7-6-,10-9-,13-12-,16-15-;4-3-,7-6-,10-9-,13-12-,16-15-,19-18-;4-3-,7-6-,10-9-,13-12-,16-15-;. The van der Waals surface area contributed by atoms with Crippen molar-refractivity contribution in [1.82, 2.24) is 0 Å². The Bertz CT molecular complexity index is 2830. The molecule has 0 aromatic heterocycles. The van der Waals surface area contributed by atoms with Gasteiger partial charge in [0.05, 0.1) is 26.4 Å². The number of carbonyl (C=O) groups excluding carboxylic acids is 4. The highest BCUT2D eigenvalue weighted by Gasteiger charge is 2.10. The molecule has 0 bridgehead atoms. The third-order valence-corrected chi connectivity index (χ3v) is 15.4. The van der Waals surface area contributed by atoms with Gasteiger partial charge in [-0.15, -0.1) is 0 Å². The molecule has 115 heavy (non-hydrogen) atoms. The van der Waals surface area contributed by atoms with Gasteiger partial charge in [-0.1, -0.05) is 310 Å². The van der Waals surface area contributed by atoms with Crippen molar-refractivity contribution in [2.24, 2.45) is 0 Å². The molecule has 8 N–H and O–H groups in total. The van der Waals surface area contributed by atoms with Gasteiger partial charge in [0.1, 0.15) is 50.8 Å². The molecular weight excluding hydrogens is 1450 g/mol. The van der Waals surface area contributed by atoms with Gasteiger partial charge in [0, 0.05) is 25.7 Å². The Labute approximate surface area is 697 Å². The van der Waals surface area contributed by atoms with Crippen LogP contribution >= 0.6 is 0 Å². The molecule has 0 aromatic carbocycles. The van der Waals surface area contributed by atoms with Crippen LogP contribution in [0.1, 0.15) is 266 Å². The van der Waals surface area contributed by atoms with Gasteiger partial charge in [-0.2, -0.15) is 0 Å². The van der Waals surface area contributed by atoms with E-state index in [1.807, 2.05) is 24.3 Å². The van der Waals surface area contributed by atoms with Gasteiger partial charge in [0.2, 0.25) is 0 Å². The van der Waals surface area contributed by atoms with Crippen LogP contribution in [0.25, 0.3) is 0 Å². The minimum Gasteiger partial charge on any atom is -0.463 e. The van der Waals surface area contributed by atoms with Gasteiger partial charge in [-0.05, 0) is 186 Å². The predicted molar refractivity (Wildman–Crippen MR) is 484 cm³/mol. The zero-order valence-corrected chi connectivity index (χ0v) is 70.5. The van der Waals surface area contributed by atoms with E-state index in [4.69, 9.17) is 59.8 Å². The predicted octanol–water partition coefficient (Wildman–Crippen LogP) is 22.0. The lowest BCUT2D eigenvalue weighted by molar-refractivity contribution is -0.148. The van der Waals surface area contributed by atoms with E-state index in [9.17, 15) is 19.2 Å². The molecule has 0 aliphatic heterocycles. The molecule has 0 spiro atoms. The monoisotopic (exact) mass is 1600 g/mol. The van der Waals surface area contributed by atoms with E-state index in [2.05, 4.69) is 259 Å². The van der Waals surface area contributed by atoms with Crippen molar-refractivity contribution in [3.8, 4) is 0 Å². The number of allylic oxidation sites excluding steroid dienone is 42. The Hall–Kier alpha value is -7.90. The summed E-state index contributed by atoms with van der Waals surface area (Å²) in [6.07, 6.45) is 119. The Morgan fingerprint density at radius 1 is 0.217 bits per heavy atom. The lowest BCUT2D eigenvalue weighted by atomic mass is 10.1. The van der Waals surface area contributed by atoms with Crippen LogP contribution in [0.15, 0.2) is 255 Å². The normalized spacial score (nSPS) is 13.6. The van der Waals surface area contributed by atoms with Crippen LogP contribution in [-0.4, -0.2) is 142 Å². The molecule has 16 heteroatoms. The molecule has 4 atom stereocenters. The number of hydrogen-bond donors (Lipinski definition) is 8. The molecule has 0 fully saturated rings. The molecule has 650 valence electrons. The highest BCUT2D eigenvalue weighted by molar-refractivity contribution is 5.70. The molecule has 0 aliphatic carbocycles. The third kappa shape index (κ3) is 110. The van der Waals surface area contributed by atoms with Gasteiger partial charge in [-0.25, -0.2) is 0 Å². The number of carbonyl (C=O) groups is 4. The lowest BCUT2D eigenvalue weighted by Gasteiger charge is -2.08. The lowest BCUT2D eigenvalue weighted by Crippen LogP contribution is -2.21. The van der Waals surface area contributed by atoms with Gasteiger partial charge in [0.25, 0.3) is 0 Å². The summed E-state index contributed by atoms with van der Waals surface area (Å²) in [6.45, 7) is 6.50. The first kappa shape index (κ1) is 116. The Morgan fingerprint density at radius 2 is 0.391 bits per heavy atom. The van der Waals surface area contributed by atoms with Gasteiger partial charge < -0.3 is 59.8 Å². The van der Waals surface area contributed by atoms with Crippen molar-refractivity contribution in [3.63, 3.8) is 0 Å². The Kier molecular flexibility index (Phi) is 105. The van der Waals surface area contributed by atoms with Gasteiger partial charge >= 0.3 is 23.9 Å². The van der Waals surface area contributed by atoms with Crippen molar-refractivity contribution >= 4 is 23.9 Å². The molecule has 0 aromatic rings. The van der Waals surface area contributed by atoms with E-state index in [1.54, 1.807) is 0 Å². The van der Waals surface area contributed by atoms with Crippen LogP contribution in [0.5, 0.6) is 0 Å². The number of unbranched alkanes of at least 4 members (excludes halogenated alkanes) is 7. The number of esters is 4.